The standard InChI is InChI=1S/C15H13ClFNO2.C4H10N2O3/c1-9-5-6-13(10(7-9)8-14(19)20)18-15-11(16)3-2-4-12(15)17;1-2-5-3-4-9-6(7)8/h2-7,18H,8H2,1H3,(H,19,20);5H,2-4H2,1H3. The molecule has 0 spiro atoms. The Morgan fingerprint density at radius 1 is 1.34 bits per heavy atom. The Morgan fingerprint density at radius 2 is 2.07 bits per heavy atom. The van der Waals surface area contributed by atoms with Gasteiger partial charge in [0, 0.05) is 12.2 Å². The lowest BCUT2D eigenvalue weighted by Gasteiger charge is -2.13. The van der Waals surface area contributed by atoms with Crippen molar-refractivity contribution in [2.75, 3.05) is 25.0 Å². The molecule has 0 heterocycles. The lowest BCUT2D eigenvalue weighted by Crippen LogP contribution is -2.20. The predicted molar refractivity (Wildman–Crippen MR) is 109 cm³/mol. The second kappa shape index (κ2) is 12.5. The minimum Gasteiger partial charge on any atom is -0.481 e. The van der Waals surface area contributed by atoms with Gasteiger partial charge in [0.1, 0.15) is 12.4 Å². The normalized spacial score (nSPS) is 9.93. The van der Waals surface area contributed by atoms with E-state index in [0.717, 1.165) is 12.1 Å². The van der Waals surface area contributed by atoms with E-state index in [4.69, 9.17) is 16.7 Å². The third-order valence-corrected chi connectivity index (χ3v) is 3.87. The molecule has 0 atom stereocenters. The van der Waals surface area contributed by atoms with E-state index in [-0.39, 0.29) is 23.7 Å². The highest BCUT2D eigenvalue weighted by atomic mass is 35.5. The molecule has 0 aliphatic carbocycles. The van der Waals surface area contributed by atoms with E-state index in [9.17, 15) is 19.3 Å². The van der Waals surface area contributed by atoms with Gasteiger partial charge in [0.05, 0.1) is 17.1 Å². The van der Waals surface area contributed by atoms with Gasteiger partial charge in [0.2, 0.25) is 0 Å². The van der Waals surface area contributed by atoms with Crippen LogP contribution in [0.25, 0.3) is 0 Å². The van der Waals surface area contributed by atoms with Crippen molar-refractivity contribution in [3.63, 3.8) is 0 Å². The third-order valence-electron chi connectivity index (χ3n) is 3.55. The Kier molecular flexibility index (Phi) is 10.4. The van der Waals surface area contributed by atoms with Crippen molar-refractivity contribution >= 4 is 28.9 Å². The minimum absolute atomic E-state index is 0.126. The fraction of sp³-hybridized carbons (Fsp3) is 0.316. The summed E-state index contributed by atoms with van der Waals surface area (Å²) < 4.78 is 13.7. The van der Waals surface area contributed by atoms with Crippen LogP contribution in [-0.4, -0.2) is 35.9 Å². The SMILES string of the molecule is CCNCCO[N+](=O)[O-].Cc1ccc(Nc2c(F)cccc2Cl)c(CC(=O)O)c1. The molecule has 0 aromatic heterocycles. The van der Waals surface area contributed by atoms with Crippen molar-refractivity contribution < 1.29 is 24.2 Å². The van der Waals surface area contributed by atoms with Crippen molar-refractivity contribution in [1.29, 1.82) is 0 Å². The summed E-state index contributed by atoms with van der Waals surface area (Å²) in [6.45, 7) is 5.25. The number of benzene rings is 2. The van der Waals surface area contributed by atoms with Crippen LogP contribution in [0.15, 0.2) is 36.4 Å². The Labute approximate surface area is 172 Å². The minimum atomic E-state index is -0.946. The summed E-state index contributed by atoms with van der Waals surface area (Å²) in [5, 5.41) is 23.6. The van der Waals surface area contributed by atoms with Crippen molar-refractivity contribution in [3.05, 3.63) is 68.5 Å². The first kappa shape index (κ1) is 24.1. The third kappa shape index (κ3) is 9.22. The molecular weight excluding hydrogens is 405 g/mol. The topological polar surface area (TPSA) is 114 Å². The highest BCUT2D eigenvalue weighted by Gasteiger charge is 2.11. The van der Waals surface area contributed by atoms with E-state index in [1.165, 1.54) is 12.1 Å². The number of hydrogen-bond donors (Lipinski definition) is 3. The number of hydrogen-bond acceptors (Lipinski definition) is 6. The van der Waals surface area contributed by atoms with Gasteiger partial charge < -0.3 is 20.6 Å². The quantitative estimate of drug-likeness (QED) is 0.315. The second-order valence-electron chi connectivity index (χ2n) is 5.86. The molecule has 3 N–H and O–H groups in total. The van der Waals surface area contributed by atoms with Gasteiger partial charge >= 0.3 is 5.97 Å². The first-order valence-corrected chi connectivity index (χ1v) is 9.12. The number of nitrogens with zero attached hydrogens (tertiary/aromatic N) is 1. The number of aliphatic carboxylic acids is 1. The first-order valence-electron chi connectivity index (χ1n) is 8.75. The van der Waals surface area contributed by atoms with Crippen LogP contribution >= 0.6 is 11.6 Å². The molecular formula is C19H23ClFN3O5. The van der Waals surface area contributed by atoms with Crippen molar-refractivity contribution in [1.82, 2.24) is 5.32 Å². The Bertz CT molecular complexity index is 815. The van der Waals surface area contributed by atoms with E-state index >= 15 is 0 Å². The summed E-state index contributed by atoms with van der Waals surface area (Å²) in [4.78, 5) is 24.4. The summed E-state index contributed by atoms with van der Waals surface area (Å²) in [5.74, 6) is -1.43. The fourth-order valence-corrected chi connectivity index (χ4v) is 2.48. The number of nitrogens with one attached hydrogen (secondary N) is 2. The lowest BCUT2D eigenvalue weighted by atomic mass is 10.1. The molecule has 0 saturated carbocycles. The van der Waals surface area contributed by atoms with Crippen LogP contribution in [0.4, 0.5) is 15.8 Å². The largest absolute Gasteiger partial charge is 0.481 e. The van der Waals surface area contributed by atoms with Gasteiger partial charge in [-0.3, -0.25) is 4.79 Å². The van der Waals surface area contributed by atoms with Crippen LogP contribution in [0.5, 0.6) is 0 Å². The van der Waals surface area contributed by atoms with E-state index in [1.807, 2.05) is 19.9 Å². The molecule has 158 valence electrons. The highest BCUT2D eigenvalue weighted by molar-refractivity contribution is 6.33. The number of likely N-dealkylation sites (N-methyl/N-ethyl adjacent to an activating group) is 1. The molecule has 0 radical (unpaired) electrons. The number of halogens is 2. The number of carboxylic acid groups (broad SMARTS) is 1. The maximum atomic E-state index is 13.7. The zero-order chi connectivity index (χ0) is 21.8. The Balaban J connectivity index is 0.000000396. The number of para-hydroxylation sites is 1. The molecule has 0 fully saturated rings. The monoisotopic (exact) mass is 427 g/mol. The summed E-state index contributed by atoms with van der Waals surface area (Å²) in [7, 11) is 0. The van der Waals surface area contributed by atoms with Crippen LogP contribution in [0.3, 0.4) is 0 Å². The zero-order valence-electron chi connectivity index (χ0n) is 16.1. The number of carboxylic acids is 1. The maximum absolute atomic E-state index is 13.7. The predicted octanol–water partition coefficient (Wildman–Crippen LogP) is 3.96. The Hall–Kier alpha value is -2.91. The molecule has 0 saturated heterocycles. The van der Waals surface area contributed by atoms with Gasteiger partial charge in [-0.15, -0.1) is 10.1 Å². The van der Waals surface area contributed by atoms with Gasteiger partial charge in [0.15, 0.2) is 0 Å². The Morgan fingerprint density at radius 3 is 2.66 bits per heavy atom. The van der Waals surface area contributed by atoms with Crippen LogP contribution in [0, 0.1) is 22.9 Å². The molecule has 10 heteroatoms. The van der Waals surface area contributed by atoms with Crippen LogP contribution < -0.4 is 10.6 Å². The molecule has 0 amide bonds. The van der Waals surface area contributed by atoms with E-state index in [2.05, 4.69) is 15.5 Å². The fourth-order valence-electron chi connectivity index (χ4n) is 2.27. The summed E-state index contributed by atoms with van der Waals surface area (Å²) in [5.41, 5.74) is 2.19. The van der Waals surface area contributed by atoms with Crippen LogP contribution in [0.2, 0.25) is 5.02 Å². The van der Waals surface area contributed by atoms with Crippen molar-refractivity contribution in [2.45, 2.75) is 20.3 Å². The van der Waals surface area contributed by atoms with Crippen molar-refractivity contribution in [3.8, 4) is 0 Å². The molecule has 2 rings (SSSR count). The molecule has 0 aliphatic rings. The van der Waals surface area contributed by atoms with Gasteiger partial charge in [-0.05, 0) is 37.2 Å². The smallest absolute Gasteiger partial charge is 0.307 e. The number of carbonyl (C=O) groups is 1. The van der Waals surface area contributed by atoms with Gasteiger partial charge in [0.25, 0.3) is 5.09 Å². The van der Waals surface area contributed by atoms with Gasteiger partial charge in [-0.1, -0.05) is 42.3 Å². The zero-order valence-corrected chi connectivity index (χ0v) is 16.8. The second-order valence-corrected chi connectivity index (χ2v) is 6.27. The molecule has 2 aromatic rings. The van der Waals surface area contributed by atoms with E-state index in [1.54, 1.807) is 18.2 Å². The van der Waals surface area contributed by atoms with E-state index < -0.39 is 16.9 Å². The first-order chi connectivity index (χ1) is 13.7. The lowest BCUT2D eigenvalue weighted by molar-refractivity contribution is -0.757. The maximum Gasteiger partial charge on any atom is 0.307 e. The summed E-state index contributed by atoms with van der Waals surface area (Å²) in [6, 6.07) is 9.66. The van der Waals surface area contributed by atoms with Gasteiger partial charge in [-0.25, -0.2) is 4.39 Å². The van der Waals surface area contributed by atoms with Crippen LogP contribution in [-0.2, 0) is 16.1 Å². The van der Waals surface area contributed by atoms with Crippen molar-refractivity contribution in [2.24, 2.45) is 0 Å². The molecule has 2 aromatic carbocycles. The number of rotatable bonds is 9. The number of anilines is 2. The molecule has 0 aliphatic heterocycles. The molecule has 0 unspecified atom stereocenters. The number of aryl methyl sites for hydroxylation is 1. The molecule has 29 heavy (non-hydrogen) atoms. The molecule has 0 bridgehead atoms. The molecule has 8 nitrogen and oxygen atoms in total. The summed E-state index contributed by atoms with van der Waals surface area (Å²) in [6.07, 6.45) is -0.143. The highest BCUT2D eigenvalue weighted by Crippen LogP contribution is 2.30. The average Bonchev–Trinajstić information content (AvgIpc) is 2.63. The average molecular weight is 428 g/mol. The van der Waals surface area contributed by atoms with E-state index in [0.29, 0.717) is 17.8 Å². The van der Waals surface area contributed by atoms with Gasteiger partial charge in [-0.2, -0.15) is 0 Å². The van der Waals surface area contributed by atoms with Crippen LogP contribution in [0.1, 0.15) is 18.1 Å². The summed E-state index contributed by atoms with van der Waals surface area (Å²) >= 11 is 5.95.